The summed E-state index contributed by atoms with van der Waals surface area (Å²) in [5.74, 6) is 0.846. The summed E-state index contributed by atoms with van der Waals surface area (Å²) in [6.07, 6.45) is 3.08. The van der Waals surface area contributed by atoms with Gasteiger partial charge in [-0.25, -0.2) is 0 Å². The molecule has 136 valence electrons. The third-order valence-corrected chi connectivity index (χ3v) is 6.89. The number of benzene rings is 1. The Kier molecular flexibility index (Phi) is 4.11. The number of carbonyl (C=O) groups excluding carboxylic acids is 1. The molecule has 1 aromatic carbocycles. The standard InChI is InChI=1S/C21H24N2O2S/c24-20(22-11-17-5-3-9-26-17)19-10-21(14-25-19)18-6-2-1-4-16(18)13-23(21)12-15-7-8-15/h1-6,9,15,19H,7-8,10-14H2,(H,22,24)/t19-,21-/m0/s1. The van der Waals surface area contributed by atoms with Crippen molar-refractivity contribution in [3.63, 3.8) is 0 Å². The number of carbonyl (C=O) groups is 1. The van der Waals surface area contributed by atoms with E-state index in [1.165, 1.54) is 28.8 Å². The van der Waals surface area contributed by atoms with E-state index in [0.29, 0.717) is 13.2 Å². The molecule has 4 nitrogen and oxygen atoms in total. The molecule has 1 N–H and O–H groups in total. The van der Waals surface area contributed by atoms with Crippen LogP contribution in [0.2, 0.25) is 0 Å². The topological polar surface area (TPSA) is 41.6 Å². The first kappa shape index (κ1) is 16.5. The van der Waals surface area contributed by atoms with Gasteiger partial charge < -0.3 is 10.1 Å². The fourth-order valence-corrected chi connectivity index (χ4v) is 5.08. The molecule has 2 fully saturated rings. The highest BCUT2D eigenvalue weighted by Crippen LogP contribution is 2.48. The van der Waals surface area contributed by atoms with Crippen LogP contribution < -0.4 is 5.32 Å². The highest BCUT2D eigenvalue weighted by Gasteiger charge is 2.53. The Morgan fingerprint density at radius 3 is 2.96 bits per heavy atom. The molecular formula is C21H24N2O2S. The zero-order valence-corrected chi connectivity index (χ0v) is 15.6. The van der Waals surface area contributed by atoms with E-state index in [4.69, 9.17) is 4.74 Å². The molecule has 2 atom stereocenters. The lowest BCUT2D eigenvalue weighted by Crippen LogP contribution is -2.43. The van der Waals surface area contributed by atoms with E-state index >= 15 is 0 Å². The Morgan fingerprint density at radius 2 is 2.15 bits per heavy atom. The number of nitrogens with one attached hydrogen (secondary N) is 1. The van der Waals surface area contributed by atoms with Crippen LogP contribution in [0.1, 0.15) is 35.3 Å². The third-order valence-electron chi connectivity index (χ3n) is 6.02. The van der Waals surface area contributed by atoms with E-state index in [0.717, 1.165) is 25.4 Å². The van der Waals surface area contributed by atoms with Crippen LogP contribution in [-0.2, 0) is 28.2 Å². The van der Waals surface area contributed by atoms with Crippen LogP contribution in [0.15, 0.2) is 41.8 Å². The summed E-state index contributed by atoms with van der Waals surface area (Å²) in [5.41, 5.74) is 2.65. The molecule has 3 heterocycles. The van der Waals surface area contributed by atoms with Gasteiger partial charge in [0.25, 0.3) is 0 Å². The second kappa shape index (κ2) is 6.48. The molecule has 5 heteroatoms. The van der Waals surface area contributed by atoms with Crippen molar-refractivity contribution in [1.82, 2.24) is 10.2 Å². The third kappa shape index (κ3) is 2.88. The Bertz CT molecular complexity index is 802. The van der Waals surface area contributed by atoms with Crippen molar-refractivity contribution < 1.29 is 9.53 Å². The van der Waals surface area contributed by atoms with Crippen molar-refractivity contribution in [3.05, 3.63) is 57.8 Å². The van der Waals surface area contributed by atoms with Gasteiger partial charge in [0.1, 0.15) is 6.10 Å². The number of rotatable bonds is 5. The fraction of sp³-hybridized carbons (Fsp3) is 0.476. The maximum Gasteiger partial charge on any atom is 0.249 e. The smallest absolute Gasteiger partial charge is 0.249 e. The van der Waals surface area contributed by atoms with Crippen LogP contribution in [0.3, 0.4) is 0 Å². The molecule has 2 aliphatic heterocycles. The van der Waals surface area contributed by atoms with Gasteiger partial charge in [0.15, 0.2) is 0 Å². The van der Waals surface area contributed by atoms with E-state index in [1.54, 1.807) is 11.3 Å². The molecule has 1 saturated heterocycles. The van der Waals surface area contributed by atoms with Gasteiger partial charge in [-0.05, 0) is 41.3 Å². The molecule has 1 aromatic heterocycles. The van der Waals surface area contributed by atoms with Gasteiger partial charge in [-0.15, -0.1) is 11.3 Å². The Hall–Kier alpha value is -1.69. The molecule has 1 amide bonds. The quantitative estimate of drug-likeness (QED) is 0.881. The normalized spacial score (nSPS) is 27.8. The van der Waals surface area contributed by atoms with Gasteiger partial charge in [-0.3, -0.25) is 9.69 Å². The second-order valence-corrected chi connectivity index (χ2v) is 8.85. The van der Waals surface area contributed by atoms with Gasteiger partial charge in [0.2, 0.25) is 5.91 Å². The number of thiophene rings is 1. The SMILES string of the molecule is O=C(NCc1cccs1)[C@@H]1C[C@]2(CO1)c1ccccc1CN2CC1CC1. The summed E-state index contributed by atoms with van der Waals surface area (Å²) in [5, 5.41) is 5.09. The van der Waals surface area contributed by atoms with Gasteiger partial charge in [-0.2, -0.15) is 0 Å². The second-order valence-electron chi connectivity index (χ2n) is 7.81. The number of ether oxygens (including phenoxy) is 1. The van der Waals surface area contributed by atoms with Crippen LogP contribution in [0, 0.1) is 5.92 Å². The van der Waals surface area contributed by atoms with Crippen LogP contribution in [0.4, 0.5) is 0 Å². The Balaban J connectivity index is 1.33. The van der Waals surface area contributed by atoms with Crippen molar-refractivity contribution in [2.45, 2.75) is 44.0 Å². The van der Waals surface area contributed by atoms with Crippen LogP contribution >= 0.6 is 11.3 Å². The minimum Gasteiger partial charge on any atom is -0.366 e. The fourth-order valence-electron chi connectivity index (χ4n) is 4.43. The average Bonchev–Trinajstić information content (AvgIpc) is 3.09. The van der Waals surface area contributed by atoms with Crippen molar-refractivity contribution >= 4 is 17.2 Å². The molecule has 1 spiro atoms. The molecule has 2 aromatic rings. The number of hydrogen-bond donors (Lipinski definition) is 1. The van der Waals surface area contributed by atoms with E-state index in [-0.39, 0.29) is 17.6 Å². The zero-order chi connectivity index (χ0) is 17.6. The number of nitrogens with zero attached hydrogens (tertiary/aromatic N) is 1. The first-order chi connectivity index (χ1) is 12.7. The summed E-state index contributed by atoms with van der Waals surface area (Å²) in [7, 11) is 0. The van der Waals surface area contributed by atoms with E-state index in [2.05, 4.69) is 34.5 Å². The van der Waals surface area contributed by atoms with Crippen LogP contribution in [-0.4, -0.2) is 30.1 Å². The lowest BCUT2D eigenvalue weighted by molar-refractivity contribution is -0.130. The zero-order valence-electron chi connectivity index (χ0n) is 14.8. The van der Waals surface area contributed by atoms with E-state index in [1.807, 2.05) is 17.5 Å². The highest BCUT2D eigenvalue weighted by atomic mass is 32.1. The first-order valence-electron chi connectivity index (χ1n) is 9.50. The Labute approximate surface area is 158 Å². The predicted molar refractivity (Wildman–Crippen MR) is 102 cm³/mol. The van der Waals surface area contributed by atoms with Crippen molar-refractivity contribution in [3.8, 4) is 0 Å². The number of amides is 1. The molecular weight excluding hydrogens is 344 g/mol. The minimum absolute atomic E-state index is 0.0195. The molecule has 1 aliphatic carbocycles. The lowest BCUT2D eigenvalue weighted by atomic mass is 9.86. The summed E-state index contributed by atoms with van der Waals surface area (Å²) in [6, 6.07) is 12.8. The number of fused-ring (bicyclic) bond motifs is 2. The van der Waals surface area contributed by atoms with Crippen LogP contribution in [0.5, 0.6) is 0 Å². The van der Waals surface area contributed by atoms with Crippen molar-refractivity contribution in [2.24, 2.45) is 5.92 Å². The van der Waals surface area contributed by atoms with Gasteiger partial charge in [0, 0.05) is 24.4 Å². The summed E-state index contributed by atoms with van der Waals surface area (Å²) < 4.78 is 6.06. The van der Waals surface area contributed by atoms with Crippen molar-refractivity contribution in [1.29, 1.82) is 0 Å². The lowest BCUT2D eigenvalue weighted by Gasteiger charge is -2.34. The Morgan fingerprint density at radius 1 is 1.27 bits per heavy atom. The van der Waals surface area contributed by atoms with E-state index in [9.17, 15) is 4.79 Å². The highest BCUT2D eigenvalue weighted by molar-refractivity contribution is 7.09. The minimum atomic E-state index is -0.358. The number of hydrogen-bond acceptors (Lipinski definition) is 4. The maximum atomic E-state index is 12.7. The molecule has 5 rings (SSSR count). The average molecular weight is 369 g/mol. The van der Waals surface area contributed by atoms with Gasteiger partial charge >= 0.3 is 0 Å². The molecule has 0 radical (unpaired) electrons. The summed E-state index contributed by atoms with van der Waals surface area (Å²) in [4.78, 5) is 16.4. The van der Waals surface area contributed by atoms with Crippen molar-refractivity contribution in [2.75, 3.05) is 13.2 Å². The molecule has 0 unspecified atom stereocenters. The first-order valence-corrected chi connectivity index (χ1v) is 10.4. The molecule has 26 heavy (non-hydrogen) atoms. The van der Waals surface area contributed by atoms with Crippen LogP contribution in [0.25, 0.3) is 0 Å². The van der Waals surface area contributed by atoms with E-state index < -0.39 is 0 Å². The largest absolute Gasteiger partial charge is 0.366 e. The molecule has 3 aliphatic rings. The molecule has 1 saturated carbocycles. The maximum absolute atomic E-state index is 12.7. The summed E-state index contributed by atoms with van der Waals surface area (Å²) >= 11 is 1.67. The predicted octanol–water partition coefficient (Wildman–Crippen LogP) is 3.27. The van der Waals surface area contributed by atoms with Gasteiger partial charge in [0.05, 0.1) is 18.7 Å². The molecule has 0 bridgehead atoms. The monoisotopic (exact) mass is 368 g/mol. The summed E-state index contributed by atoms with van der Waals surface area (Å²) in [6.45, 7) is 3.32. The van der Waals surface area contributed by atoms with Gasteiger partial charge in [-0.1, -0.05) is 30.3 Å².